The van der Waals surface area contributed by atoms with Crippen molar-refractivity contribution < 1.29 is 23.7 Å². The lowest BCUT2D eigenvalue weighted by Crippen LogP contribution is -2.22. The lowest BCUT2D eigenvalue weighted by Gasteiger charge is -2.20. The van der Waals surface area contributed by atoms with Gasteiger partial charge < -0.3 is 24.3 Å². The Labute approximate surface area is 173 Å². The Kier molecular flexibility index (Phi) is 6.80. The van der Waals surface area contributed by atoms with Crippen molar-refractivity contribution in [1.29, 1.82) is 0 Å². The van der Waals surface area contributed by atoms with Crippen LogP contribution in [0.15, 0.2) is 30.3 Å². The van der Waals surface area contributed by atoms with Crippen molar-refractivity contribution in [2.45, 2.75) is 17.9 Å². The molecule has 0 radical (unpaired) electrons. The Morgan fingerprint density at radius 1 is 1.18 bits per heavy atom. The van der Waals surface area contributed by atoms with Gasteiger partial charge in [0, 0.05) is 17.5 Å². The number of fused-ring (bicyclic) bond motifs is 1. The highest BCUT2D eigenvalue weighted by atomic mass is 35.5. The molecule has 2 aromatic rings. The van der Waals surface area contributed by atoms with Crippen LogP contribution in [0, 0.1) is 0 Å². The van der Waals surface area contributed by atoms with Gasteiger partial charge in [-0.15, -0.1) is 11.8 Å². The van der Waals surface area contributed by atoms with E-state index in [-0.39, 0.29) is 11.2 Å². The van der Waals surface area contributed by atoms with E-state index in [4.69, 9.17) is 30.5 Å². The molecule has 3 rings (SSSR count). The molecular formula is C20H22ClNO5S. The number of benzene rings is 2. The second-order valence-electron chi connectivity index (χ2n) is 6.11. The van der Waals surface area contributed by atoms with Crippen LogP contribution in [0.2, 0.25) is 5.02 Å². The van der Waals surface area contributed by atoms with Crippen LogP contribution >= 0.6 is 23.4 Å². The quantitative estimate of drug-likeness (QED) is 0.712. The molecule has 0 saturated carbocycles. The minimum absolute atomic E-state index is 0.0964. The topological polar surface area (TPSA) is 66.0 Å². The fraction of sp³-hybridized carbons (Fsp3) is 0.350. The lowest BCUT2D eigenvalue weighted by molar-refractivity contribution is -0.115. The van der Waals surface area contributed by atoms with Gasteiger partial charge in [0.05, 0.1) is 24.5 Å². The van der Waals surface area contributed by atoms with Crippen LogP contribution in [-0.4, -0.2) is 38.6 Å². The summed E-state index contributed by atoms with van der Waals surface area (Å²) < 4.78 is 21.6. The number of hydrogen-bond donors (Lipinski definition) is 1. The largest absolute Gasteiger partial charge is 0.493 e. The first-order valence-corrected chi connectivity index (χ1v) is 10.2. The predicted molar refractivity (Wildman–Crippen MR) is 111 cm³/mol. The van der Waals surface area contributed by atoms with Crippen molar-refractivity contribution in [2.75, 3.05) is 32.8 Å². The molecule has 1 aliphatic rings. The van der Waals surface area contributed by atoms with Crippen molar-refractivity contribution >= 4 is 35.0 Å². The van der Waals surface area contributed by atoms with Crippen molar-refractivity contribution in [3.05, 3.63) is 40.9 Å². The van der Waals surface area contributed by atoms with E-state index in [0.29, 0.717) is 52.7 Å². The van der Waals surface area contributed by atoms with Gasteiger partial charge in [0.25, 0.3) is 0 Å². The second-order valence-corrected chi connectivity index (χ2v) is 7.85. The standard InChI is InChI=1S/C20H22ClNO5S/c1-12(20(23)22-14-4-5-16(24-2)17(10-14)25-3)28-11-13-8-15(21)19-18(9-13)26-6-7-27-19/h4-5,8-10,12H,6-7,11H2,1-3H3,(H,22,23)/t12-/m1/s1. The summed E-state index contributed by atoms with van der Waals surface area (Å²) >= 11 is 7.78. The first-order chi connectivity index (χ1) is 13.5. The van der Waals surface area contributed by atoms with Gasteiger partial charge in [-0.1, -0.05) is 11.6 Å². The van der Waals surface area contributed by atoms with E-state index in [1.807, 2.05) is 19.1 Å². The Morgan fingerprint density at radius 2 is 1.93 bits per heavy atom. The van der Waals surface area contributed by atoms with Gasteiger partial charge in [0.15, 0.2) is 23.0 Å². The van der Waals surface area contributed by atoms with Crippen LogP contribution in [0.1, 0.15) is 12.5 Å². The molecule has 150 valence electrons. The molecule has 0 aliphatic carbocycles. The normalized spacial score (nSPS) is 13.6. The first kappa shape index (κ1) is 20.5. The molecule has 0 spiro atoms. The minimum atomic E-state index is -0.264. The van der Waals surface area contributed by atoms with Gasteiger partial charge in [-0.3, -0.25) is 4.79 Å². The third-order valence-electron chi connectivity index (χ3n) is 4.18. The lowest BCUT2D eigenvalue weighted by atomic mass is 10.2. The highest BCUT2D eigenvalue weighted by Gasteiger charge is 2.19. The van der Waals surface area contributed by atoms with Gasteiger partial charge in [-0.05, 0) is 36.8 Å². The highest BCUT2D eigenvalue weighted by molar-refractivity contribution is 7.99. The molecule has 8 heteroatoms. The van der Waals surface area contributed by atoms with Crippen LogP contribution in [-0.2, 0) is 10.5 Å². The van der Waals surface area contributed by atoms with Crippen molar-refractivity contribution in [3.8, 4) is 23.0 Å². The molecule has 1 aliphatic heterocycles. The fourth-order valence-corrected chi connectivity index (χ4v) is 3.81. The number of carbonyl (C=O) groups excluding carboxylic acids is 1. The molecule has 1 heterocycles. The summed E-state index contributed by atoms with van der Waals surface area (Å²) in [5.74, 6) is 2.93. The van der Waals surface area contributed by atoms with Crippen LogP contribution in [0.4, 0.5) is 5.69 Å². The summed E-state index contributed by atoms with van der Waals surface area (Å²) in [5, 5.41) is 3.16. The maximum Gasteiger partial charge on any atom is 0.237 e. The smallest absolute Gasteiger partial charge is 0.237 e. The van der Waals surface area contributed by atoms with E-state index in [1.54, 1.807) is 32.4 Å². The summed E-state index contributed by atoms with van der Waals surface area (Å²) in [6.45, 7) is 2.86. The molecular weight excluding hydrogens is 402 g/mol. The summed E-state index contributed by atoms with van der Waals surface area (Å²) in [7, 11) is 3.12. The van der Waals surface area contributed by atoms with Gasteiger partial charge >= 0.3 is 0 Å². The summed E-state index contributed by atoms with van der Waals surface area (Å²) in [6, 6.07) is 9.02. The number of ether oxygens (including phenoxy) is 4. The Hall–Kier alpha value is -2.25. The number of nitrogens with one attached hydrogen (secondary N) is 1. The summed E-state index contributed by atoms with van der Waals surface area (Å²) in [6.07, 6.45) is 0. The number of thioether (sulfide) groups is 1. The second kappa shape index (κ2) is 9.30. The SMILES string of the molecule is COc1ccc(NC(=O)[C@@H](C)SCc2cc(Cl)c3c(c2)OCCO3)cc1OC. The molecule has 0 unspecified atom stereocenters. The van der Waals surface area contributed by atoms with E-state index in [0.717, 1.165) is 5.56 Å². The zero-order valence-electron chi connectivity index (χ0n) is 15.9. The summed E-state index contributed by atoms with van der Waals surface area (Å²) in [4.78, 5) is 12.5. The third-order valence-corrected chi connectivity index (χ3v) is 5.67. The van der Waals surface area contributed by atoms with Crippen LogP contribution in [0.5, 0.6) is 23.0 Å². The minimum Gasteiger partial charge on any atom is -0.493 e. The van der Waals surface area contributed by atoms with Crippen molar-refractivity contribution in [1.82, 2.24) is 0 Å². The van der Waals surface area contributed by atoms with Crippen molar-refractivity contribution in [3.63, 3.8) is 0 Å². The first-order valence-electron chi connectivity index (χ1n) is 8.74. The number of methoxy groups -OCH3 is 2. The van der Waals surface area contributed by atoms with E-state index in [9.17, 15) is 4.79 Å². The number of hydrogen-bond acceptors (Lipinski definition) is 6. The van der Waals surface area contributed by atoms with Gasteiger partial charge in [0.2, 0.25) is 5.91 Å². The third kappa shape index (κ3) is 4.77. The van der Waals surface area contributed by atoms with Crippen LogP contribution in [0.3, 0.4) is 0 Å². The van der Waals surface area contributed by atoms with Gasteiger partial charge in [-0.2, -0.15) is 0 Å². The number of anilines is 1. The van der Waals surface area contributed by atoms with E-state index in [1.165, 1.54) is 11.8 Å². The molecule has 0 saturated heterocycles. The van der Waals surface area contributed by atoms with Gasteiger partial charge in [0.1, 0.15) is 13.2 Å². The highest BCUT2D eigenvalue weighted by Crippen LogP contribution is 2.39. The van der Waals surface area contributed by atoms with E-state index < -0.39 is 0 Å². The predicted octanol–water partition coefficient (Wildman–Crippen LogP) is 4.39. The fourth-order valence-electron chi connectivity index (χ4n) is 2.70. The molecule has 1 N–H and O–H groups in total. The van der Waals surface area contributed by atoms with Crippen LogP contribution in [0.25, 0.3) is 0 Å². The molecule has 0 bridgehead atoms. The van der Waals surface area contributed by atoms with Crippen molar-refractivity contribution in [2.24, 2.45) is 0 Å². The molecule has 28 heavy (non-hydrogen) atoms. The Morgan fingerprint density at radius 3 is 2.68 bits per heavy atom. The average molecular weight is 424 g/mol. The zero-order valence-corrected chi connectivity index (χ0v) is 17.5. The van der Waals surface area contributed by atoms with E-state index in [2.05, 4.69) is 5.32 Å². The Bertz CT molecular complexity index is 861. The molecule has 0 fully saturated rings. The number of halogens is 1. The molecule has 1 amide bonds. The molecule has 0 aromatic heterocycles. The molecule has 1 atom stereocenters. The number of rotatable bonds is 7. The molecule has 6 nitrogen and oxygen atoms in total. The zero-order chi connectivity index (χ0) is 20.1. The maximum atomic E-state index is 12.5. The summed E-state index contributed by atoms with van der Waals surface area (Å²) in [5.41, 5.74) is 1.63. The molecule has 2 aromatic carbocycles. The Balaban J connectivity index is 1.60. The monoisotopic (exact) mass is 423 g/mol. The maximum absolute atomic E-state index is 12.5. The van der Waals surface area contributed by atoms with Gasteiger partial charge in [-0.25, -0.2) is 0 Å². The van der Waals surface area contributed by atoms with E-state index >= 15 is 0 Å². The average Bonchev–Trinajstić information content (AvgIpc) is 2.71. The number of amides is 1. The number of carbonyl (C=O) groups is 1. The van der Waals surface area contributed by atoms with Crippen LogP contribution < -0.4 is 24.3 Å².